The Labute approximate surface area is 195 Å². The minimum absolute atomic E-state index is 0.0248. The number of aliphatic hydroxyl groups is 2. The lowest BCUT2D eigenvalue weighted by atomic mass is 9.83. The van der Waals surface area contributed by atoms with E-state index in [-0.39, 0.29) is 30.6 Å². The van der Waals surface area contributed by atoms with E-state index in [1.165, 1.54) is 31.4 Å². The zero-order chi connectivity index (χ0) is 24.8. The first kappa shape index (κ1) is 25.0. The van der Waals surface area contributed by atoms with Gasteiger partial charge in [0.2, 0.25) is 6.10 Å². The molecule has 0 radical (unpaired) electrons. The molecule has 34 heavy (non-hydrogen) atoms. The SMILES string of the molecule is COc1ccc(C[C@H](OC(=O)C2CC(OC(=O)c3cccc(O)c3)C(O)[C@H](O)C2)C(=O)O)cc1. The van der Waals surface area contributed by atoms with Gasteiger partial charge in [-0.15, -0.1) is 0 Å². The molecule has 0 aliphatic heterocycles. The third-order valence-corrected chi connectivity index (χ3v) is 5.61. The van der Waals surface area contributed by atoms with E-state index in [0.29, 0.717) is 11.3 Å². The standard InChI is InChI=1S/C24H26O10/c1-32-17-7-5-13(6-8-17)9-20(22(28)29)34-24(31)15-11-18(26)21(27)19(12-15)33-23(30)14-3-2-4-16(25)10-14/h2-8,10,15,18-21,25-27H,9,11-12H2,1H3,(H,28,29)/t15?,18-,19?,20+,21?/m1/s1. The van der Waals surface area contributed by atoms with Crippen molar-refractivity contribution >= 4 is 17.9 Å². The average Bonchev–Trinajstić information content (AvgIpc) is 2.81. The first-order valence-electron chi connectivity index (χ1n) is 10.6. The second-order valence-corrected chi connectivity index (χ2v) is 8.04. The highest BCUT2D eigenvalue weighted by molar-refractivity contribution is 5.90. The number of phenolic OH excluding ortho intramolecular Hbond substituents is 1. The number of aromatic hydroxyl groups is 1. The molecule has 0 spiro atoms. The predicted molar refractivity (Wildman–Crippen MR) is 116 cm³/mol. The molecule has 4 N–H and O–H groups in total. The second kappa shape index (κ2) is 11.0. The number of aliphatic hydroxyl groups excluding tert-OH is 2. The van der Waals surface area contributed by atoms with E-state index >= 15 is 0 Å². The largest absolute Gasteiger partial charge is 0.508 e. The monoisotopic (exact) mass is 474 g/mol. The van der Waals surface area contributed by atoms with Gasteiger partial charge < -0.3 is 34.6 Å². The van der Waals surface area contributed by atoms with Crippen molar-refractivity contribution in [3.05, 3.63) is 59.7 Å². The van der Waals surface area contributed by atoms with Crippen LogP contribution in [-0.4, -0.2) is 69.9 Å². The number of methoxy groups -OCH3 is 1. The van der Waals surface area contributed by atoms with Crippen LogP contribution < -0.4 is 4.74 Å². The molecule has 10 heteroatoms. The number of aliphatic carboxylic acids is 1. The Morgan fingerprint density at radius 2 is 1.76 bits per heavy atom. The fourth-order valence-electron chi connectivity index (χ4n) is 3.73. The molecule has 0 heterocycles. The number of carboxylic acids is 1. The smallest absolute Gasteiger partial charge is 0.345 e. The van der Waals surface area contributed by atoms with Crippen LogP contribution in [0, 0.1) is 5.92 Å². The van der Waals surface area contributed by atoms with E-state index in [1.807, 2.05) is 0 Å². The van der Waals surface area contributed by atoms with Gasteiger partial charge in [0.1, 0.15) is 23.7 Å². The zero-order valence-electron chi connectivity index (χ0n) is 18.4. The van der Waals surface area contributed by atoms with E-state index in [0.717, 1.165) is 0 Å². The van der Waals surface area contributed by atoms with Gasteiger partial charge in [-0.05, 0) is 42.3 Å². The van der Waals surface area contributed by atoms with E-state index in [2.05, 4.69) is 0 Å². The van der Waals surface area contributed by atoms with Gasteiger partial charge in [0.15, 0.2) is 0 Å². The van der Waals surface area contributed by atoms with Crippen molar-refractivity contribution in [2.45, 2.75) is 43.7 Å². The Balaban J connectivity index is 1.66. The predicted octanol–water partition coefficient (Wildman–Crippen LogP) is 1.30. The van der Waals surface area contributed by atoms with Crippen LogP contribution in [0.25, 0.3) is 0 Å². The normalized spacial score (nSPS) is 22.9. The Morgan fingerprint density at radius 3 is 2.38 bits per heavy atom. The molecule has 0 saturated heterocycles. The number of hydrogen-bond acceptors (Lipinski definition) is 9. The van der Waals surface area contributed by atoms with Gasteiger partial charge in [0.05, 0.1) is 24.7 Å². The summed E-state index contributed by atoms with van der Waals surface area (Å²) < 4.78 is 15.5. The summed E-state index contributed by atoms with van der Waals surface area (Å²) in [5.74, 6) is -3.65. The summed E-state index contributed by atoms with van der Waals surface area (Å²) in [6.45, 7) is 0. The molecule has 3 rings (SSSR count). The number of hydrogen-bond donors (Lipinski definition) is 4. The first-order chi connectivity index (χ1) is 16.2. The lowest BCUT2D eigenvalue weighted by Crippen LogP contribution is -2.49. The van der Waals surface area contributed by atoms with Crippen LogP contribution in [0.3, 0.4) is 0 Å². The highest BCUT2D eigenvalue weighted by atomic mass is 16.6. The van der Waals surface area contributed by atoms with Crippen LogP contribution >= 0.6 is 0 Å². The highest BCUT2D eigenvalue weighted by Gasteiger charge is 2.42. The first-order valence-corrected chi connectivity index (χ1v) is 10.6. The molecule has 1 aliphatic carbocycles. The van der Waals surface area contributed by atoms with Crippen LogP contribution in [-0.2, 0) is 25.5 Å². The summed E-state index contributed by atoms with van der Waals surface area (Å²) in [4.78, 5) is 36.8. The summed E-state index contributed by atoms with van der Waals surface area (Å²) in [7, 11) is 1.50. The van der Waals surface area contributed by atoms with Gasteiger partial charge >= 0.3 is 17.9 Å². The molecule has 1 aliphatic rings. The topological polar surface area (TPSA) is 160 Å². The van der Waals surface area contributed by atoms with E-state index in [9.17, 15) is 34.8 Å². The fraction of sp³-hybridized carbons (Fsp3) is 0.375. The van der Waals surface area contributed by atoms with Crippen LogP contribution in [0.2, 0.25) is 0 Å². The third kappa shape index (κ3) is 6.24. The quantitative estimate of drug-likeness (QED) is 0.411. The molecular weight excluding hydrogens is 448 g/mol. The molecule has 2 aromatic rings. The number of rotatable bonds is 8. The summed E-state index contributed by atoms with van der Waals surface area (Å²) in [6, 6.07) is 12.0. The van der Waals surface area contributed by atoms with Crippen molar-refractivity contribution in [2.24, 2.45) is 5.92 Å². The van der Waals surface area contributed by atoms with E-state index in [1.54, 1.807) is 24.3 Å². The van der Waals surface area contributed by atoms with Crippen molar-refractivity contribution in [1.82, 2.24) is 0 Å². The fourth-order valence-corrected chi connectivity index (χ4v) is 3.73. The van der Waals surface area contributed by atoms with Gasteiger partial charge in [0.25, 0.3) is 0 Å². The Hall–Kier alpha value is -3.63. The summed E-state index contributed by atoms with van der Waals surface area (Å²) in [6.07, 6.45) is -5.98. The molecule has 1 fully saturated rings. The van der Waals surface area contributed by atoms with Crippen LogP contribution in [0.15, 0.2) is 48.5 Å². The van der Waals surface area contributed by atoms with Gasteiger partial charge in [-0.3, -0.25) is 4.79 Å². The minimum Gasteiger partial charge on any atom is -0.508 e. The summed E-state index contributed by atoms with van der Waals surface area (Å²) in [5, 5.41) is 39.5. The maximum absolute atomic E-state index is 12.7. The second-order valence-electron chi connectivity index (χ2n) is 8.04. The van der Waals surface area contributed by atoms with Crippen molar-refractivity contribution in [3.8, 4) is 11.5 Å². The van der Waals surface area contributed by atoms with Crippen LogP contribution in [0.1, 0.15) is 28.8 Å². The molecule has 3 unspecified atom stereocenters. The minimum atomic E-state index is -1.47. The van der Waals surface area contributed by atoms with Crippen LogP contribution in [0.5, 0.6) is 11.5 Å². The number of carboxylic acid groups (broad SMARTS) is 1. The Morgan fingerprint density at radius 1 is 1.06 bits per heavy atom. The summed E-state index contributed by atoms with van der Waals surface area (Å²) in [5.41, 5.74) is 0.634. The molecule has 5 atom stereocenters. The molecule has 1 saturated carbocycles. The maximum Gasteiger partial charge on any atom is 0.345 e. The van der Waals surface area contributed by atoms with Crippen molar-refractivity contribution in [2.75, 3.05) is 7.11 Å². The number of carbonyl (C=O) groups is 3. The molecule has 182 valence electrons. The zero-order valence-corrected chi connectivity index (χ0v) is 18.4. The van der Waals surface area contributed by atoms with Gasteiger partial charge in [-0.1, -0.05) is 18.2 Å². The average molecular weight is 474 g/mol. The van der Waals surface area contributed by atoms with Gasteiger partial charge in [-0.25, -0.2) is 9.59 Å². The number of esters is 2. The molecule has 0 bridgehead atoms. The van der Waals surface area contributed by atoms with Crippen LogP contribution in [0.4, 0.5) is 0 Å². The lowest BCUT2D eigenvalue weighted by molar-refractivity contribution is -0.173. The number of ether oxygens (including phenoxy) is 3. The van der Waals surface area contributed by atoms with Crippen molar-refractivity contribution in [3.63, 3.8) is 0 Å². The van der Waals surface area contributed by atoms with Gasteiger partial charge in [-0.2, -0.15) is 0 Å². The Kier molecular flexibility index (Phi) is 8.08. The maximum atomic E-state index is 12.7. The third-order valence-electron chi connectivity index (χ3n) is 5.61. The molecule has 10 nitrogen and oxygen atoms in total. The number of benzene rings is 2. The molecule has 0 amide bonds. The highest BCUT2D eigenvalue weighted by Crippen LogP contribution is 2.30. The molecule has 2 aromatic carbocycles. The lowest BCUT2D eigenvalue weighted by Gasteiger charge is -2.35. The van der Waals surface area contributed by atoms with E-state index < -0.39 is 48.2 Å². The number of carbonyl (C=O) groups excluding carboxylic acids is 2. The van der Waals surface area contributed by atoms with E-state index in [4.69, 9.17) is 14.2 Å². The molecular formula is C24H26O10. The summed E-state index contributed by atoms with van der Waals surface area (Å²) >= 11 is 0. The Bertz CT molecular complexity index is 1020. The van der Waals surface area contributed by atoms with Crippen molar-refractivity contribution < 1.29 is 49.0 Å². The number of phenols is 1. The van der Waals surface area contributed by atoms with Crippen molar-refractivity contribution in [1.29, 1.82) is 0 Å². The van der Waals surface area contributed by atoms with Gasteiger partial charge in [0, 0.05) is 12.8 Å². The molecule has 0 aromatic heterocycles.